The van der Waals surface area contributed by atoms with Crippen LogP contribution in [0, 0.1) is 17.2 Å². The summed E-state index contributed by atoms with van der Waals surface area (Å²) >= 11 is 0. The lowest BCUT2D eigenvalue weighted by Crippen LogP contribution is -2.39. The molecule has 0 heterocycles. The Kier molecular flexibility index (Phi) is 6.46. The fourth-order valence-electron chi connectivity index (χ4n) is 2.27. The van der Waals surface area contributed by atoms with Crippen LogP contribution in [0.25, 0.3) is 6.08 Å². The highest BCUT2D eigenvalue weighted by Gasteiger charge is 2.29. The number of aliphatic carboxylic acids is 1. The molecule has 0 spiro atoms. The van der Waals surface area contributed by atoms with E-state index in [4.69, 9.17) is 5.26 Å². The maximum Gasteiger partial charge on any atom is 0.316 e. The summed E-state index contributed by atoms with van der Waals surface area (Å²) in [5.74, 6) is -4.22. The molecule has 0 bridgehead atoms. The zero-order chi connectivity index (χ0) is 19.9. The summed E-state index contributed by atoms with van der Waals surface area (Å²) in [5, 5.41) is 19.0. The van der Waals surface area contributed by atoms with E-state index >= 15 is 0 Å². The summed E-state index contributed by atoms with van der Waals surface area (Å²) in [7, 11) is -4.16. The molecule has 27 heavy (non-hydrogen) atoms. The van der Waals surface area contributed by atoms with Gasteiger partial charge in [-0.3, -0.25) is 9.59 Å². The highest BCUT2D eigenvalue weighted by atomic mass is 32.2. The Bertz CT molecular complexity index is 1010. The fraction of sp³-hybridized carbons (Fsp3) is 0.105. The molecule has 2 rings (SSSR count). The SMILES string of the molecule is N#Cc1cccc(CC(C(=O)O)C(=O)NS(=O)(=O)/C=C/c2ccccc2)c1. The number of rotatable bonds is 7. The van der Waals surface area contributed by atoms with Crippen molar-refractivity contribution < 1.29 is 23.1 Å². The van der Waals surface area contributed by atoms with Crippen molar-refractivity contribution in [1.29, 1.82) is 5.26 Å². The van der Waals surface area contributed by atoms with Gasteiger partial charge in [0.15, 0.2) is 0 Å². The van der Waals surface area contributed by atoms with Crippen molar-refractivity contribution in [3.8, 4) is 6.07 Å². The summed E-state index contributed by atoms with van der Waals surface area (Å²) in [5.41, 5.74) is 1.36. The van der Waals surface area contributed by atoms with Crippen molar-refractivity contribution in [2.75, 3.05) is 0 Å². The summed E-state index contributed by atoms with van der Waals surface area (Å²) < 4.78 is 25.8. The molecule has 1 amide bonds. The van der Waals surface area contributed by atoms with Gasteiger partial charge in [-0.25, -0.2) is 13.1 Å². The van der Waals surface area contributed by atoms with Crippen LogP contribution in [-0.4, -0.2) is 25.4 Å². The molecule has 0 saturated carbocycles. The van der Waals surface area contributed by atoms with Gasteiger partial charge in [0.1, 0.15) is 5.92 Å². The van der Waals surface area contributed by atoms with Crippen molar-refractivity contribution in [3.63, 3.8) is 0 Å². The van der Waals surface area contributed by atoms with E-state index in [1.165, 1.54) is 18.2 Å². The van der Waals surface area contributed by atoms with Crippen molar-refractivity contribution in [2.24, 2.45) is 5.92 Å². The van der Waals surface area contributed by atoms with Crippen LogP contribution in [0.2, 0.25) is 0 Å². The number of hydrogen-bond donors (Lipinski definition) is 2. The first kappa shape index (κ1) is 19.9. The molecule has 0 aromatic heterocycles. The third kappa shape index (κ3) is 6.09. The maximum absolute atomic E-state index is 12.2. The number of carbonyl (C=O) groups excluding carboxylic acids is 1. The van der Waals surface area contributed by atoms with Crippen LogP contribution in [0.15, 0.2) is 60.0 Å². The molecule has 2 N–H and O–H groups in total. The van der Waals surface area contributed by atoms with Crippen molar-refractivity contribution >= 4 is 28.0 Å². The number of carbonyl (C=O) groups is 2. The molecule has 0 aliphatic heterocycles. The molecular formula is C19H16N2O5S. The van der Waals surface area contributed by atoms with E-state index in [9.17, 15) is 23.1 Å². The van der Waals surface area contributed by atoms with Crippen LogP contribution in [0.5, 0.6) is 0 Å². The van der Waals surface area contributed by atoms with Gasteiger partial charge in [-0.1, -0.05) is 42.5 Å². The molecule has 7 nitrogen and oxygen atoms in total. The Morgan fingerprint density at radius 1 is 1.15 bits per heavy atom. The minimum Gasteiger partial charge on any atom is -0.481 e. The second-order valence-electron chi connectivity index (χ2n) is 5.63. The zero-order valence-corrected chi connectivity index (χ0v) is 14.9. The molecule has 1 unspecified atom stereocenters. The Hall–Kier alpha value is -3.44. The number of carboxylic acid groups (broad SMARTS) is 1. The number of carboxylic acids is 1. The van der Waals surface area contributed by atoms with Crippen LogP contribution in [0.3, 0.4) is 0 Å². The first-order valence-electron chi connectivity index (χ1n) is 7.82. The Morgan fingerprint density at radius 3 is 2.48 bits per heavy atom. The first-order valence-corrected chi connectivity index (χ1v) is 9.37. The largest absolute Gasteiger partial charge is 0.481 e. The van der Waals surface area contributed by atoms with Crippen molar-refractivity contribution in [1.82, 2.24) is 4.72 Å². The van der Waals surface area contributed by atoms with Crippen LogP contribution < -0.4 is 4.72 Å². The third-order valence-electron chi connectivity index (χ3n) is 3.59. The van der Waals surface area contributed by atoms with E-state index in [-0.39, 0.29) is 6.42 Å². The molecule has 138 valence electrons. The summed E-state index contributed by atoms with van der Waals surface area (Å²) in [6.45, 7) is 0. The van der Waals surface area contributed by atoms with Gasteiger partial charge in [0.25, 0.3) is 10.0 Å². The number of nitrogens with one attached hydrogen (secondary N) is 1. The number of amides is 1. The van der Waals surface area contributed by atoms with Gasteiger partial charge in [-0.15, -0.1) is 0 Å². The number of nitriles is 1. The number of benzene rings is 2. The average Bonchev–Trinajstić information content (AvgIpc) is 2.65. The Labute approximate surface area is 156 Å². The molecule has 2 aromatic carbocycles. The predicted molar refractivity (Wildman–Crippen MR) is 98.5 cm³/mol. The van der Waals surface area contributed by atoms with E-state index in [2.05, 4.69) is 0 Å². The highest BCUT2D eigenvalue weighted by Crippen LogP contribution is 2.13. The van der Waals surface area contributed by atoms with Gasteiger partial charge in [0.05, 0.1) is 17.0 Å². The minimum absolute atomic E-state index is 0.241. The summed E-state index contributed by atoms with van der Waals surface area (Å²) in [6, 6.07) is 16.6. The molecule has 8 heteroatoms. The van der Waals surface area contributed by atoms with Crippen LogP contribution in [0.4, 0.5) is 0 Å². The van der Waals surface area contributed by atoms with E-state index in [0.717, 1.165) is 5.41 Å². The second kappa shape index (κ2) is 8.78. The van der Waals surface area contributed by atoms with Crippen LogP contribution >= 0.6 is 0 Å². The maximum atomic E-state index is 12.2. The number of sulfonamides is 1. The molecule has 0 saturated heterocycles. The smallest absolute Gasteiger partial charge is 0.316 e. The third-order valence-corrected chi connectivity index (χ3v) is 4.57. The quantitative estimate of drug-likeness (QED) is 0.703. The van der Waals surface area contributed by atoms with E-state index < -0.39 is 27.8 Å². The minimum atomic E-state index is -4.16. The monoisotopic (exact) mass is 384 g/mol. The van der Waals surface area contributed by atoms with Crippen LogP contribution in [-0.2, 0) is 26.0 Å². The van der Waals surface area contributed by atoms with Gasteiger partial charge in [0.2, 0.25) is 5.91 Å². The van der Waals surface area contributed by atoms with Gasteiger partial charge < -0.3 is 5.11 Å². The number of nitrogens with zero attached hydrogens (tertiary/aromatic N) is 1. The Morgan fingerprint density at radius 2 is 1.85 bits per heavy atom. The zero-order valence-electron chi connectivity index (χ0n) is 14.1. The molecule has 0 fully saturated rings. The highest BCUT2D eigenvalue weighted by molar-refractivity contribution is 7.93. The lowest BCUT2D eigenvalue weighted by atomic mass is 9.98. The summed E-state index contributed by atoms with van der Waals surface area (Å²) in [4.78, 5) is 23.6. The van der Waals surface area contributed by atoms with Crippen LogP contribution in [0.1, 0.15) is 16.7 Å². The fourth-order valence-corrected chi connectivity index (χ4v) is 3.10. The normalized spacial score (nSPS) is 12.3. The van der Waals surface area contributed by atoms with E-state index in [1.807, 2.05) is 6.07 Å². The predicted octanol–water partition coefficient (Wildman–Crippen LogP) is 1.92. The van der Waals surface area contributed by atoms with Gasteiger partial charge >= 0.3 is 5.97 Å². The molecule has 1 atom stereocenters. The molecule has 0 aliphatic carbocycles. The summed E-state index contributed by atoms with van der Waals surface area (Å²) in [6.07, 6.45) is 1.05. The van der Waals surface area contributed by atoms with Crippen molar-refractivity contribution in [3.05, 3.63) is 76.7 Å². The molecule has 0 radical (unpaired) electrons. The number of hydrogen-bond acceptors (Lipinski definition) is 5. The van der Waals surface area contributed by atoms with Gasteiger partial charge in [0, 0.05) is 0 Å². The first-order chi connectivity index (χ1) is 12.8. The average molecular weight is 384 g/mol. The van der Waals surface area contributed by atoms with E-state index in [0.29, 0.717) is 16.7 Å². The van der Waals surface area contributed by atoms with Gasteiger partial charge in [-0.2, -0.15) is 5.26 Å². The lowest BCUT2D eigenvalue weighted by Gasteiger charge is -2.12. The molecular weight excluding hydrogens is 368 g/mol. The Balaban J connectivity index is 2.13. The van der Waals surface area contributed by atoms with Gasteiger partial charge in [-0.05, 0) is 35.8 Å². The van der Waals surface area contributed by atoms with Crippen molar-refractivity contribution in [2.45, 2.75) is 6.42 Å². The second-order valence-corrected chi connectivity index (χ2v) is 7.20. The standard InChI is InChI=1S/C19H16N2O5S/c20-13-16-8-4-7-15(11-16)12-17(19(23)24)18(22)21-27(25,26)10-9-14-5-2-1-3-6-14/h1-11,17H,12H2,(H,21,22)(H,23,24)/b10-9+. The lowest BCUT2D eigenvalue weighted by molar-refractivity contribution is -0.146. The molecule has 0 aliphatic rings. The molecule has 2 aromatic rings. The van der Waals surface area contributed by atoms with E-state index in [1.54, 1.807) is 47.2 Å². The topological polar surface area (TPSA) is 124 Å².